The predicted octanol–water partition coefficient (Wildman–Crippen LogP) is 1.91. The van der Waals surface area contributed by atoms with Gasteiger partial charge in [0.1, 0.15) is 6.07 Å². The summed E-state index contributed by atoms with van der Waals surface area (Å²) >= 11 is 5.98. The van der Waals surface area contributed by atoms with Crippen molar-refractivity contribution in [3.05, 3.63) is 47.4 Å². The first-order valence-electron chi connectivity index (χ1n) is 6.69. The standard InChI is InChI=1S/C14H11ClN6O2S/c1-17-24(22,23)11-4-2-9(3-5-11)19-12-6-13(15)20-21-10(7-16)8-18-14(12)21/h2-6,8,17,19H,1H3. The molecule has 0 aliphatic carbocycles. The Labute approximate surface area is 142 Å². The van der Waals surface area contributed by atoms with Crippen molar-refractivity contribution in [2.24, 2.45) is 0 Å². The number of imidazole rings is 1. The first-order chi connectivity index (χ1) is 11.4. The smallest absolute Gasteiger partial charge is 0.240 e. The number of nitrogens with one attached hydrogen (secondary N) is 2. The monoisotopic (exact) mass is 362 g/mol. The number of nitrogens with zero attached hydrogens (tertiary/aromatic N) is 4. The second-order valence-electron chi connectivity index (χ2n) is 4.73. The van der Waals surface area contributed by atoms with Gasteiger partial charge >= 0.3 is 0 Å². The largest absolute Gasteiger partial charge is 0.352 e. The van der Waals surface area contributed by atoms with Crippen LogP contribution in [0.5, 0.6) is 0 Å². The Kier molecular flexibility index (Phi) is 4.11. The van der Waals surface area contributed by atoms with E-state index in [9.17, 15) is 8.42 Å². The molecule has 0 bridgehead atoms. The lowest BCUT2D eigenvalue weighted by atomic mass is 10.3. The molecular weight excluding hydrogens is 352 g/mol. The van der Waals surface area contributed by atoms with Crippen molar-refractivity contribution in [3.63, 3.8) is 0 Å². The van der Waals surface area contributed by atoms with E-state index in [4.69, 9.17) is 16.9 Å². The number of sulfonamides is 1. The van der Waals surface area contributed by atoms with E-state index in [2.05, 4.69) is 20.1 Å². The topological polar surface area (TPSA) is 112 Å². The van der Waals surface area contributed by atoms with E-state index in [1.54, 1.807) is 18.2 Å². The summed E-state index contributed by atoms with van der Waals surface area (Å²) in [6.45, 7) is 0. The molecule has 0 aliphatic rings. The summed E-state index contributed by atoms with van der Waals surface area (Å²) in [6.07, 6.45) is 1.40. The van der Waals surface area contributed by atoms with Gasteiger partial charge in [-0.25, -0.2) is 18.1 Å². The molecule has 0 saturated heterocycles. The lowest BCUT2D eigenvalue weighted by molar-refractivity contribution is 0.588. The second-order valence-corrected chi connectivity index (χ2v) is 7.00. The Morgan fingerprint density at radius 1 is 1.29 bits per heavy atom. The summed E-state index contributed by atoms with van der Waals surface area (Å²) in [5.74, 6) is 0. The highest BCUT2D eigenvalue weighted by Crippen LogP contribution is 2.24. The highest BCUT2D eigenvalue weighted by molar-refractivity contribution is 7.89. The highest BCUT2D eigenvalue weighted by Gasteiger charge is 2.13. The van der Waals surface area contributed by atoms with Gasteiger partial charge in [0.25, 0.3) is 0 Å². The average Bonchev–Trinajstić information content (AvgIpc) is 2.98. The van der Waals surface area contributed by atoms with E-state index in [-0.39, 0.29) is 15.7 Å². The van der Waals surface area contributed by atoms with Crippen molar-refractivity contribution in [2.75, 3.05) is 12.4 Å². The average molecular weight is 363 g/mol. The first-order valence-corrected chi connectivity index (χ1v) is 8.56. The fraction of sp³-hybridized carbons (Fsp3) is 0.0714. The van der Waals surface area contributed by atoms with Crippen LogP contribution in [-0.4, -0.2) is 30.1 Å². The lowest BCUT2D eigenvalue weighted by Gasteiger charge is -2.09. The lowest BCUT2D eigenvalue weighted by Crippen LogP contribution is -2.18. The Morgan fingerprint density at radius 3 is 2.62 bits per heavy atom. The molecule has 3 aromatic rings. The number of nitriles is 1. The van der Waals surface area contributed by atoms with Crippen molar-refractivity contribution in [3.8, 4) is 6.07 Å². The molecular formula is C14H11ClN6O2S. The third kappa shape index (κ3) is 2.90. The Morgan fingerprint density at radius 2 is 2.00 bits per heavy atom. The predicted molar refractivity (Wildman–Crippen MR) is 88.7 cm³/mol. The number of benzene rings is 1. The molecule has 8 nitrogen and oxygen atoms in total. The zero-order valence-corrected chi connectivity index (χ0v) is 13.9. The SMILES string of the molecule is CNS(=O)(=O)c1ccc(Nc2cc(Cl)nn3c(C#N)cnc23)cc1. The molecule has 24 heavy (non-hydrogen) atoms. The van der Waals surface area contributed by atoms with Crippen molar-refractivity contribution in [1.29, 1.82) is 5.26 Å². The van der Waals surface area contributed by atoms with Crippen LogP contribution in [0.1, 0.15) is 5.69 Å². The Balaban J connectivity index is 1.99. The number of anilines is 2. The maximum absolute atomic E-state index is 11.7. The van der Waals surface area contributed by atoms with E-state index < -0.39 is 10.0 Å². The maximum atomic E-state index is 11.7. The molecule has 0 unspecified atom stereocenters. The van der Waals surface area contributed by atoms with Crippen molar-refractivity contribution >= 4 is 38.6 Å². The Hall–Kier alpha value is -2.67. The number of aromatic nitrogens is 3. The summed E-state index contributed by atoms with van der Waals surface area (Å²) in [6, 6.07) is 9.72. The second kappa shape index (κ2) is 6.09. The first kappa shape index (κ1) is 16.2. The minimum absolute atomic E-state index is 0.154. The third-order valence-electron chi connectivity index (χ3n) is 3.26. The van der Waals surface area contributed by atoms with Gasteiger partial charge in [0.15, 0.2) is 16.5 Å². The van der Waals surface area contributed by atoms with Gasteiger partial charge in [-0.1, -0.05) is 11.6 Å². The zero-order valence-electron chi connectivity index (χ0n) is 12.4. The molecule has 0 saturated carbocycles. The summed E-state index contributed by atoms with van der Waals surface area (Å²) < 4.78 is 27.0. The van der Waals surface area contributed by atoms with Gasteiger partial charge in [-0.3, -0.25) is 0 Å². The van der Waals surface area contributed by atoms with Crippen LogP contribution in [-0.2, 0) is 10.0 Å². The minimum Gasteiger partial charge on any atom is -0.352 e. The summed E-state index contributed by atoms with van der Waals surface area (Å²) in [7, 11) is -2.14. The van der Waals surface area contributed by atoms with Gasteiger partial charge in [-0.2, -0.15) is 14.9 Å². The molecule has 2 heterocycles. The minimum atomic E-state index is -3.49. The van der Waals surface area contributed by atoms with E-state index in [0.717, 1.165) is 0 Å². The van der Waals surface area contributed by atoms with Crippen LogP contribution < -0.4 is 10.0 Å². The van der Waals surface area contributed by atoms with E-state index in [1.165, 1.54) is 29.9 Å². The van der Waals surface area contributed by atoms with Gasteiger partial charge < -0.3 is 5.32 Å². The molecule has 0 atom stereocenters. The van der Waals surface area contributed by atoms with Crippen molar-refractivity contribution in [1.82, 2.24) is 19.3 Å². The van der Waals surface area contributed by atoms with Crippen molar-refractivity contribution < 1.29 is 8.42 Å². The molecule has 0 spiro atoms. The normalized spacial score (nSPS) is 11.4. The fourth-order valence-corrected chi connectivity index (χ4v) is 3.01. The molecule has 1 aromatic carbocycles. The van der Waals surface area contributed by atoms with E-state index in [0.29, 0.717) is 17.0 Å². The molecule has 0 amide bonds. The molecule has 122 valence electrons. The van der Waals surface area contributed by atoms with Gasteiger partial charge in [0.05, 0.1) is 16.8 Å². The molecule has 2 N–H and O–H groups in total. The van der Waals surface area contributed by atoms with Crippen LogP contribution >= 0.6 is 11.6 Å². The van der Waals surface area contributed by atoms with Crippen LogP contribution in [0.4, 0.5) is 11.4 Å². The number of hydrogen-bond donors (Lipinski definition) is 2. The van der Waals surface area contributed by atoms with Crippen LogP contribution in [0.3, 0.4) is 0 Å². The van der Waals surface area contributed by atoms with E-state index in [1.807, 2.05) is 6.07 Å². The van der Waals surface area contributed by atoms with E-state index >= 15 is 0 Å². The van der Waals surface area contributed by atoms with Gasteiger partial charge in [0, 0.05) is 11.8 Å². The number of halogens is 1. The molecule has 3 rings (SSSR count). The molecule has 10 heteroatoms. The zero-order chi connectivity index (χ0) is 17.3. The van der Waals surface area contributed by atoms with Crippen LogP contribution in [0.15, 0.2) is 41.4 Å². The molecule has 0 radical (unpaired) electrons. The molecule has 2 aromatic heterocycles. The van der Waals surface area contributed by atoms with Crippen LogP contribution in [0.25, 0.3) is 5.65 Å². The fourth-order valence-electron chi connectivity index (χ4n) is 2.10. The molecule has 0 aliphatic heterocycles. The molecule has 0 fully saturated rings. The third-order valence-corrected chi connectivity index (χ3v) is 4.88. The Bertz CT molecular complexity index is 1050. The summed E-state index contributed by atoms with van der Waals surface area (Å²) in [4.78, 5) is 4.30. The van der Waals surface area contributed by atoms with Crippen molar-refractivity contribution in [2.45, 2.75) is 4.90 Å². The number of fused-ring (bicyclic) bond motifs is 1. The van der Waals surface area contributed by atoms with Gasteiger partial charge in [-0.05, 0) is 31.3 Å². The summed E-state index contributed by atoms with van der Waals surface area (Å²) in [5, 5.41) is 16.4. The van der Waals surface area contributed by atoms with Gasteiger partial charge in [0.2, 0.25) is 10.0 Å². The maximum Gasteiger partial charge on any atom is 0.240 e. The summed E-state index contributed by atoms with van der Waals surface area (Å²) in [5.41, 5.74) is 1.87. The number of hydrogen-bond acceptors (Lipinski definition) is 6. The van der Waals surface area contributed by atoms with Gasteiger partial charge in [-0.15, -0.1) is 0 Å². The quantitative estimate of drug-likeness (QED) is 0.733. The highest BCUT2D eigenvalue weighted by atomic mass is 35.5. The van der Waals surface area contributed by atoms with Crippen LogP contribution in [0, 0.1) is 11.3 Å². The number of rotatable bonds is 4. The van der Waals surface area contributed by atoms with Crippen LogP contribution in [0.2, 0.25) is 5.15 Å².